The number of guanidine groups is 1. The molecule has 1 unspecified atom stereocenters. The maximum Gasteiger partial charge on any atom is 0.191 e. The van der Waals surface area contributed by atoms with Gasteiger partial charge in [-0.15, -0.1) is 0 Å². The summed E-state index contributed by atoms with van der Waals surface area (Å²) >= 11 is 0. The molecule has 0 aromatic heterocycles. The normalized spacial score (nSPS) is 19.7. The number of aryl methyl sites for hydroxylation is 1. The van der Waals surface area contributed by atoms with Crippen LogP contribution in [0.3, 0.4) is 0 Å². The van der Waals surface area contributed by atoms with Crippen LogP contribution in [-0.4, -0.2) is 50.1 Å². The van der Waals surface area contributed by atoms with Crippen molar-refractivity contribution in [1.29, 1.82) is 0 Å². The van der Waals surface area contributed by atoms with Crippen molar-refractivity contribution in [1.82, 2.24) is 10.6 Å². The molecule has 0 radical (unpaired) electrons. The van der Waals surface area contributed by atoms with Crippen LogP contribution in [0.4, 0.5) is 0 Å². The van der Waals surface area contributed by atoms with Gasteiger partial charge in [0.2, 0.25) is 0 Å². The van der Waals surface area contributed by atoms with Crippen molar-refractivity contribution in [2.75, 3.05) is 32.9 Å². The van der Waals surface area contributed by atoms with Crippen LogP contribution in [0, 0.1) is 0 Å². The number of benzene rings is 1. The van der Waals surface area contributed by atoms with E-state index in [1.807, 2.05) is 6.07 Å². The number of fused-ring (bicyclic) bond motifs is 1. The number of nitrogens with zero attached hydrogens (tertiary/aromatic N) is 1. The Morgan fingerprint density at radius 1 is 1.30 bits per heavy atom. The van der Waals surface area contributed by atoms with Crippen LogP contribution >= 0.6 is 0 Å². The number of rotatable bonds is 8. The van der Waals surface area contributed by atoms with Crippen LogP contribution < -0.4 is 10.6 Å². The van der Waals surface area contributed by atoms with Gasteiger partial charge in [0.25, 0.3) is 0 Å². The van der Waals surface area contributed by atoms with E-state index in [-0.39, 0.29) is 6.10 Å². The number of aliphatic imine (C=N–C) groups is 1. The number of phenols is 1. The third kappa shape index (κ3) is 5.84. The third-order valence-corrected chi connectivity index (χ3v) is 5.22. The highest BCUT2D eigenvalue weighted by atomic mass is 16.5. The standard InChI is InChI=1S/C21H33N3O3/c1-2-22-21(23-11-5-12-27-17-10-13-26-15-17)24-14-19-18-7-4-3-6-16(18)8-9-20(19)25/h8-9,17,25H,2-7,10-15H2,1H3,(H2,22,23,24). The van der Waals surface area contributed by atoms with Gasteiger partial charge >= 0.3 is 0 Å². The fourth-order valence-electron chi connectivity index (χ4n) is 3.74. The lowest BCUT2D eigenvalue weighted by molar-refractivity contribution is 0.0420. The molecule has 1 aromatic rings. The lowest BCUT2D eigenvalue weighted by Gasteiger charge is -2.20. The largest absolute Gasteiger partial charge is 0.508 e. The molecule has 1 atom stereocenters. The molecule has 0 amide bonds. The molecule has 150 valence electrons. The molecule has 1 saturated heterocycles. The van der Waals surface area contributed by atoms with Crippen molar-refractivity contribution >= 4 is 5.96 Å². The molecular formula is C21H33N3O3. The van der Waals surface area contributed by atoms with Crippen molar-refractivity contribution in [3.8, 4) is 5.75 Å². The van der Waals surface area contributed by atoms with E-state index in [1.54, 1.807) is 0 Å². The number of ether oxygens (including phenoxy) is 2. The van der Waals surface area contributed by atoms with E-state index in [0.717, 1.165) is 70.1 Å². The molecule has 0 spiro atoms. The summed E-state index contributed by atoms with van der Waals surface area (Å²) in [6, 6.07) is 3.88. The second-order valence-electron chi connectivity index (χ2n) is 7.24. The highest BCUT2D eigenvalue weighted by molar-refractivity contribution is 5.79. The van der Waals surface area contributed by atoms with E-state index in [9.17, 15) is 5.11 Å². The quantitative estimate of drug-likeness (QED) is 0.370. The number of hydrogen-bond acceptors (Lipinski definition) is 4. The minimum absolute atomic E-state index is 0.263. The summed E-state index contributed by atoms with van der Waals surface area (Å²) in [6.45, 7) is 6.44. The predicted molar refractivity (Wildman–Crippen MR) is 107 cm³/mol. The van der Waals surface area contributed by atoms with Gasteiger partial charge < -0.3 is 25.2 Å². The van der Waals surface area contributed by atoms with Gasteiger partial charge in [-0.25, -0.2) is 4.99 Å². The Morgan fingerprint density at radius 2 is 2.19 bits per heavy atom. The third-order valence-electron chi connectivity index (χ3n) is 5.22. The molecule has 6 nitrogen and oxygen atoms in total. The van der Waals surface area contributed by atoms with Gasteiger partial charge in [0, 0.05) is 31.9 Å². The Bertz CT molecular complexity index is 627. The van der Waals surface area contributed by atoms with Crippen LogP contribution in [0.5, 0.6) is 5.75 Å². The molecular weight excluding hydrogens is 342 g/mol. The van der Waals surface area contributed by atoms with Crippen LogP contribution in [-0.2, 0) is 28.9 Å². The molecule has 0 bridgehead atoms. The van der Waals surface area contributed by atoms with E-state index in [1.165, 1.54) is 24.0 Å². The lowest BCUT2D eigenvalue weighted by Crippen LogP contribution is -2.38. The summed E-state index contributed by atoms with van der Waals surface area (Å²) in [4.78, 5) is 4.70. The molecule has 0 saturated carbocycles. The summed E-state index contributed by atoms with van der Waals surface area (Å²) in [5, 5.41) is 17.0. The van der Waals surface area contributed by atoms with E-state index in [4.69, 9.17) is 14.5 Å². The average Bonchev–Trinajstić information content (AvgIpc) is 3.20. The smallest absolute Gasteiger partial charge is 0.191 e. The first kappa shape index (κ1) is 20.0. The van der Waals surface area contributed by atoms with E-state index >= 15 is 0 Å². The summed E-state index contributed by atoms with van der Waals surface area (Å²) in [7, 11) is 0. The molecule has 27 heavy (non-hydrogen) atoms. The van der Waals surface area contributed by atoms with Crippen molar-refractivity contribution in [3.63, 3.8) is 0 Å². The van der Waals surface area contributed by atoms with Gasteiger partial charge in [0.15, 0.2) is 5.96 Å². The minimum atomic E-state index is 0.263. The first-order valence-electron chi connectivity index (χ1n) is 10.3. The van der Waals surface area contributed by atoms with Crippen molar-refractivity contribution in [2.24, 2.45) is 4.99 Å². The van der Waals surface area contributed by atoms with Crippen molar-refractivity contribution in [2.45, 2.75) is 58.1 Å². The predicted octanol–water partition coefficient (Wildman–Crippen LogP) is 2.52. The monoisotopic (exact) mass is 375 g/mol. The molecule has 3 N–H and O–H groups in total. The summed E-state index contributed by atoms with van der Waals surface area (Å²) in [5.41, 5.74) is 3.65. The minimum Gasteiger partial charge on any atom is -0.508 e. The Balaban J connectivity index is 1.51. The zero-order valence-corrected chi connectivity index (χ0v) is 16.4. The molecule has 1 aliphatic carbocycles. The molecule has 6 heteroatoms. The summed E-state index contributed by atoms with van der Waals surface area (Å²) in [6.07, 6.45) is 6.77. The summed E-state index contributed by atoms with van der Waals surface area (Å²) < 4.78 is 11.1. The Labute approximate surface area is 162 Å². The van der Waals surface area contributed by atoms with E-state index in [2.05, 4.69) is 23.6 Å². The average molecular weight is 376 g/mol. The van der Waals surface area contributed by atoms with Gasteiger partial charge in [-0.3, -0.25) is 0 Å². The maximum absolute atomic E-state index is 10.3. The maximum atomic E-state index is 10.3. The van der Waals surface area contributed by atoms with Crippen molar-refractivity contribution in [3.05, 3.63) is 28.8 Å². The number of nitrogens with one attached hydrogen (secondary N) is 2. The highest BCUT2D eigenvalue weighted by Crippen LogP contribution is 2.31. The van der Waals surface area contributed by atoms with Crippen molar-refractivity contribution < 1.29 is 14.6 Å². The zero-order chi connectivity index (χ0) is 18.9. The van der Waals surface area contributed by atoms with E-state index in [0.29, 0.717) is 12.3 Å². The van der Waals surface area contributed by atoms with Crippen LogP contribution in [0.1, 0.15) is 49.3 Å². The fourth-order valence-corrected chi connectivity index (χ4v) is 3.74. The van der Waals surface area contributed by atoms with Gasteiger partial charge in [-0.1, -0.05) is 6.07 Å². The van der Waals surface area contributed by atoms with Gasteiger partial charge in [0.05, 0.1) is 19.3 Å². The van der Waals surface area contributed by atoms with Gasteiger partial charge in [-0.05, 0) is 62.6 Å². The molecule has 3 rings (SSSR count). The highest BCUT2D eigenvalue weighted by Gasteiger charge is 2.17. The zero-order valence-electron chi connectivity index (χ0n) is 16.4. The first-order valence-corrected chi connectivity index (χ1v) is 10.3. The molecule has 2 aliphatic rings. The van der Waals surface area contributed by atoms with Crippen LogP contribution in [0.25, 0.3) is 0 Å². The Kier molecular flexibility index (Phi) is 7.78. The molecule has 1 heterocycles. The molecule has 1 aliphatic heterocycles. The Morgan fingerprint density at radius 3 is 3.00 bits per heavy atom. The second-order valence-corrected chi connectivity index (χ2v) is 7.24. The molecule has 1 aromatic carbocycles. The number of aromatic hydroxyl groups is 1. The Hall–Kier alpha value is -1.79. The van der Waals surface area contributed by atoms with Crippen LogP contribution in [0.15, 0.2) is 17.1 Å². The first-order chi connectivity index (χ1) is 13.3. The molecule has 1 fully saturated rings. The van der Waals surface area contributed by atoms with Gasteiger partial charge in [-0.2, -0.15) is 0 Å². The summed E-state index contributed by atoms with van der Waals surface area (Å²) in [5.74, 6) is 1.15. The van der Waals surface area contributed by atoms with E-state index < -0.39 is 0 Å². The number of phenolic OH excluding ortho intramolecular Hbond substituents is 1. The lowest BCUT2D eigenvalue weighted by atomic mass is 9.88. The van der Waals surface area contributed by atoms with Crippen LogP contribution in [0.2, 0.25) is 0 Å². The topological polar surface area (TPSA) is 75.1 Å². The second kappa shape index (κ2) is 10.5. The fraction of sp³-hybridized carbons (Fsp3) is 0.667. The van der Waals surface area contributed by atoms with Gasteiger partial charge in [0.1, 0.15) is 5.75 Å². The SMILES string of the molecule is CCNC(=NCc1c(O)ccc2c1CCCC2)NCCCOC1CCOC1. The number of hydrogen-bond donors (Lipinski definition) is 3.